The lowest BCUT2D eigenvalue weighted by Gasteiger charge is -2.44. The highest BCUT2D eigenvalue weighted by Gasteiger charge is 2.40. The van der Waals surface area contributed by atoms with Gasteiger partial charge in [-0.15, -0.1) is 0 Å². The molecule has 194 valence electrons. The first-order valence-electron chi connectivity index (χ1n) is 12.9. The minimum Gasteiger partial charge on any atom is -0.369 e. The molecule has 0 bridgehead atoms. The molecule has 2 aromatic carbocycles. The molecule has 2 aromatic heterocycles. The third-order valence-corrected chi connectivity index (χ3v) is 7.86. The van der Waals surface area contributed by atoms with E-state index < -0.39 is 0 Å². The number of hydrogen-bond donors (Lipinski definition) is 1. The molecule has 1 saturated heterocycles. The minimum atomic E-state index is -0.320. The molecule has 6 rings (SSSR count). The fraction of sp³-hybridized carbons (Fsp3) is 0.310. The standard InChI is InChI=1S/C29H29FN6O2/c1-19-5-3-4-6-24(19)36-25(38)12-11-23(32-36)26-27(21-7-9-22(30)10-8-21)33-35-18-29(17-31-28(26)35)13-15-34(16-14-29)20(2)37/h3-12,31H,13-18H2,1-2H3. The highest BCUT2D eigenvalue weighted by molar-refractivity contribution is 5.87. The normalized spacial score (nSPS) is 16.2. The van der Waals surface area contributed by atoms with Crippen LogP contribution in [0.4, 0.5) is 10.2 Å². The number of aryl methyl sites for hydroxylation is 1. The molecule has 0 atom stereocenters. The molecule has 4 heterocycles. The summed E-state index contributed by atoms with van der Waals surface area (Å²) in [5.41, 5.74) is 4.22. The van der Waals surface area contributed by atoms with Crippen LogP contribution in [0.25, 0.3) is 28.2 Å². The highest BCUT2D eigenvalue weighted by atomic mass is 19.1. The molecule has 1 amide bonds. The topological polar surface area (TPSA) is 85.1 Å². The van der Waals surface area contributed by atoms with Crippen LogP contribution in [0.15, 0.2) is 65.5 Å². The number of nitrogens with zero attached hydrogens (tertiary/aromatic N) is 5. The summed E-state index contributed by atoms with van der Waals surface area (Å²) in [6.45, 7) is 6.47. The molecule has 1 N–H and O–H groups in total. The summed E-state index contributed by atoms with van der Waals surface area (Å²) in [7, 11) is 0. The third kappa shape index (κ3) is 4.17. The Morgan fingerprint density at radius 3 is 2.45 bits per heavy atom. The molecule has 2 aliphatic heterocycles. The van der Waals surface area contributed by atoms with E-state index in [-0.39, 0.29) is 22.7 Å². The smallest absolute Gasteiger partial charge is 0.271 e. The summed E-state index contributed by atoms with van der Waals surface area (Å²) in [6.07, 6.45) is 1.77. The molecule has 9 heteroatoms. The van der Waals surface area contributed by atoms with Gasteiger partial charge >= 0.3 is 0 Å². The van der Waals surface area contributed by atoms with Gasteiger partial charge in [0.05, 0.1) is 23.5 Å². The Labute approximate surface area is 219 Å². The summed E-state index contributed by atoms with van der Waals surface area (Å²) in [6, 6.07) is 17.1. The number of aromatic nitrogens is 4. The van der Waals surface area contributed by atoms with E-state index >= 15 is 0 Å². The van der Waals surface area contributed by atoms with E-state index in [0.717, 1.165) is 55.0 Å². The molecule has 1 fully saturated rings. The van der Waals surface area contributed by atoms with Crippen LogP contribution in [-0.2, 0) is 11.3 Å². The number of piperidine rings is 1. The molecule has 0 unspecified atom stereocenters. The van der Waals surface area contributed by atoms with Gasteiger partial charge < -0.3 is 10.2 Å². The maximum atomic E-state index is 13.8. The summed E-state index contributed by atoms with van der Waals surface area (Å²) in [5, 5.41) is 13.4. The number of amides is 1. The Morgan fingerprint density at radius 1 is 1.00 bits per heavy atom. The number of nitrogens with one attached hydrogen (secondary N) is 1. The maximum absolute atomic E-state index is 13.8. The van der Waals surface area contributed by atoms with Crippen LogP contribution in [-0.4, -0.2) is 50.0 Å². The number of halogens is 1. The summed E-state index contributed by atoms with van der Waals surface area (Å²) in [5.74, 6) is 0.616. The number of fused-ring (bicyclic) bond motifs is 1. The van der Waals surface area contributed by atoms with Gasteiger partial charge in [-0.1, -0.05) is 18.2 Å². The summed E-state index contributed by atoms with van der Waals surface area (Å²) in [4.78, 5) is 26.6. The van der Waals surface area contributed by atoms with Gasteiger partial charge in [0.15, 0.2) is 0 Å². The van der Waals surface area contributed by atoms with Crippen molar-refractivity contribution >= 4 is 11.7 Å². The first-order chi connectivity index (χ1) is 18.3. The van der Waals surface area contributed by atoms with E-state index in [0.29, 0.717) is 23.6 Å². The molecule has 0 radical (unpaired) electrons. The average molecular weight is 513 g/mol. The van der Waals surface area contributed by atoms with Gasteiger partial charge in [-0.3, -0.25) is 9.59 Å². The molecule has 1 spiro atoms. The zero-order valence-electron chi connectivity index (χ0n) is 21.4. The number of benzene rings is 2. The Bertz CT molecular complexity index is 1580. The molecule has 38 heavy (non-hydrogen) atoms. The quantitative estimate of drug-likeness (QED) is 0.443. The second-order valence-corrected chi connectivity index (χ2v) is 10.4. The van der Waals surface area contributed by atoms with Gasteiger partial charge in [0.2, 0.25) is 5.91 Å². The van der Waals surface area contributed by atoms with Crippen LogP contribution in [0.3, 0.4) is 0 Å². The predicted octanol–water partition coefficient (Wildman–Crippen LogP) is 4.26. The van der Waals surface area contributed by atoms with Crippen molar-refractivity contribution in [3.8, 4) is 28.2 Å². The zero-order chi connectivity index (χ0) is 26.4. The monoisotopic (exact) mass is 512 g/mol. The maximum Gasteiger partial charge on any atom is 0.271 e. The number of rotatable bonds is 3. The SMILES string of the molecule is CC(=O)N1CCC2(CC1)CNc1c(-c3ccc(=O)n(-c4ccccc4C)n3)c(-c3ccc(F)cc3)nn1C2. The molecular formula is C29H29FN6O2. The van der Waals surface area contributed by atoms with Crippen LogP contribution in [0.5, 0.6) is 0 Å². The molecule has 8 nitrogen and oxygen atoms in total. The number of carbonyl (C=O) groups excluding carboxylic acids is 1. The first kappa shape index (κ1) is 24.1. The summed E-state index contributed by atoms with van der Waals surface area (Å²) >= 11 is 0. The van der Waals surface area contributed by atoms with Gasteiger partial charge in [-0.25, -0.2) is 9.07 Å². The number of para-hydroxylation sites is 1. The number of carbonyl (C=O) groups is 1. The van der Waals surface area contributed by atoms with Gasteiger partial charge in [-0.05, 0) is 61.7 Å². The number of anilines is 1. The Morgan fingerprint density at radius 2 is 1.74 bits per heavy atom. The van der Waals surface area contributed by atoms with Crippen molar-refractivity contribution in [2.75, 3.05) is 25.0 Å². The third-order valence-electron chi connectivity index (χ3n) is 7.86. The minimum absolute atomic E-state index is 0.0182. The molecule has 4 aromatic rings. The zero-order valence-corrected chi connectivity index (χ0v) is 21.4. The second kappa shape index (κ2) is 9.24. The second-order valence-electron chi connectivity index (χ2n) is 10.4. The lowest BCUT2D eigenvalue weighted by Crippen LogP contribution is -2.49. The number of hydrogen-bond acceptors (Lipinski definition) is 5. The van der Waals surface area contributed by atoms with E-state index in [1.807, 2.05) is 40.8 Å². The van der Waals surface area contributed by atoms with Crippen molar-refractivity contribution in [1.82, 2.24) is 24.5 Å². The van der Waals surface area contributed by atoms with E-state index in [4.69, 9.17) is 10.2 Å². The average Bonchev–Trinajstić information content (AvgIpc) is 3.28. The molecule has 0 saturated carbocycles. The van der Waals surface area contributed by atoms with Crippen molar-refractivity contribution in [3.63, 3.8) is 0 Å². The molecule has 0 aliphatic carbocycles. The van der Waals surface area contributed by atoms with Crippen LogP contribution in [0.1, 0.15) is 25.3 Å². The Hall–Kier alpha value is -4.27. The fourth-order valence-corrected chi connectivity index (χ4v) is 5.60. The molecule has 2 aliphatic rings. The van der Waals surface area contributed by atoms with Gasteiger partial charge in [0.25, 0.3) is 5.56 Å². The van der Waals surface area contributed by atoms with E-state index in [1.54, 1.807) is 25.1 Å². The van der Waals surface area contributed by atoms with Crippen LogP contribution in [0.2, 0.25) is 0 Å². The fourth-order valence-electron chi connectivity index (χ4n) is 5.60. The van der Waals surface area contributed by atoms with Gasteiger partial charge in [0, 0.05) is 43.6 Å². The predicted molar refractivity (Wildman–Crippen MR) is 144 cm³/mol. The first-order valence-corrected chi connectivity index (χ1v) is 12.9. The lowest BCUT2D eigenvalue weighted by atomic mass is 9.77. The number of likely N-dealkylation sites (tertiary alicyclic amines) is 1. The largest absolute Gasteiger partial charge is 0.369 e. The van der Waals surface area contributed by atoms with Crippen LogP contribution in [0, 0.1) is 18.2 Å². The summed E-state index contributed by atoms with van der Waals surface area (Å²) < 4.78 is 17.2. The van der Waals surface area contributed by atoms with Gasteiger partial charge in [0.1, 0.15) is 17.3 Å². The van der Waals surface area contributed by atoms with Crippen LogP contribution >= 0.6 is 0 Å². The van der Waals surface area contributed by atoms with Gasteiger partial charge in [-0.2, -0.15) is 14.9 Å². The van der Waals surface area contributed by atoms with Crippen molar-refractivity contribution in [2.24, 2.45) is 5.41 Å². The van der Waals surface area contributed by atoms with Crippen LogP contribution < -0.4 is 10.9 Å². The van der Waals surface area contributed by atoms with Crippen molar-refractivity contribution in [3.05, 3.63) is 82.4 Å². The van der Waals surface area contributed by atoms with E-state index in [2.05, 4.69) is 5.32 Å². The molecular weight excluding hydrogens is 483 g/mol. The Balaban J connectivity index is 1.46. The Kier molecular flexibility index (Phi) is 5.86. The van der Waals surface area contributed by atoms with Crippen molar-refractivity contribution < 1.29 is 9.18 Å². The lowest BCUT2D eigenvalue weighted by molar-refractivity contribution is -0.131. The van der Waals surface area contributed by atoms with Crippen molar-refractivity contribution in [2.45, 2.75) is 33.2 Å². The van der Waals surface area contributed by atoms with Crippen molar-refractivity contribution in [1.29, 1.82) is 0 Å². The van der Waals surface area contributed by atoms with E-state index in [9.17, 15) is 14.0 Å². The van der Waals surface area contributed by atoms with E-state index in [1.165, 1.54) is 22.9 Å². The highest BCUT2D eigenvalue weighted by Crippen LogP contribution is 2.43.